The topological polar surface area (TPSA) is 38.3 Å². The van der Waals surface area contributed by atoms with Crippen molar-refractivity contribution in [3.8, 4) is 0 Å². The van der Waals surface area contributed by atoms with E-state index in [0.717, 1.165) is 31.0 Å². The first-order valence-corrected chi connectivity index (χ1v) is 7.53. The van der Waals surface area contributed by atoms with Crippen LogP contribution in [0.25, 0.3) is 0 Å². The molecule has 1 amide bonds. The summed E-state index contributed by atoms with van der Waals surface area (Å²) in [5.74, 6) is 0.122. The number of alkyl halides is 1. The first kappa shape index (κ1) is 15.0. The van der Waals surface area contributed by atoms with Crippen LogP contribution in [0.3, 0.4) is 0 Å². The van der Waals surface area contributed by atoms with Gasteiger partial charge in [-0.2, -0.15) is 0 Å². The van der Waals surface area contributed by atoms with Gasteiger partial charge in [-0.05, 0) is 39.0 Å². The average Bonchev–Trinajstić information content (AvgIpc) is 2.24. The highest BCUT2D eigenvalue weighted by Gasteiger charge is 2.39. The normalized spacial score (nSPS) is 21.4. The Bertz CT molecular complexity index is 261. The van der Waals surface area contributed by atoms with E-state index in [2.05, 4.69) is 35.1 Å². The maximum atomic E-state index is 12.1. The average molecular weight is 306 g/mol. The van der Waals surface area contributed by atoms with Crippen LogP contribution in [-0.2, 0) is 9.53 Å². The molecule has 1 aliphatic carbocycles. The summed E-state index contributed by atoms with van der Waals surface area (Å²) >= 11 is 3.44. The smallest absolute Gasteiger partial charge is 0.223 e. The number of nitrogens with one attached hydrogen (secondary N) is 1. The van der Waals surface area contributed by atoms with Crippen LogP contribution in [0.15, 0.2) is 0 Å². The first-order chi connectivity index (χ1) is 7.99. The lowest BCUT2D eigenvalue weighted by molar-refractivity contribution is -0.136. The van der Waals surface area contributed by atoms with Gasteiger partial charge >= 0.3 is 0 Å². The van der Waals surface area contributed by atoms with Crippen LogP contribution >= 0.6 is 15.9 Å². The van der Waals surface area contributed by atoms with E-state index in [1.807, 2.05) is 0 Å². The molecule has 0 spiro atoms. The SMILES string of the molecule is CCC(C)(CCBr)NC(=O)CC1(OC)CCC1. The van der Waals surface area contributed by atoms with Crippen molar-refractivity contribution in [2.75, 3.05) is 12.4 Å². The standard InChI is InChI=1S/C13H24BrNO2/c1-4-12(2,8-9-14)15-11(16)10-13(17-3)6-5-7-13/h4-10H2,1-3H3,(H,15,16). The predicted molar refractivity (Wildman–Crippen MR) is 73.5 cm³/mol. The summed E-state index contributed by atoms with van der Waals surface area (Å²) in [4.78, 5) is 12.1. The van der Waals surface area contributed by atoms with Crippen molar-refractivity contribution < 1.29 is 9.53 Å². The second-order valence-corrected chi connectivity index (χ2v) is 6.11. The first-order valence-electron chi connectivity index (χ1n) is 6.41. The summed E-state index contributed by atoms with van der Waals surface area (Å²) < 4.78 is 5.48. The van der Waals surface area contributed by atoms with Gasteiger partial charge in [-0.1, -0.05) is 22.9 Å². The summed E-state index contributed by atoms with van der Waals surface area (Å²) in [7, 11) is 1.71. The van der Waals surface area contributed by atoms with Crippen molar-refractivity contribution in [1.29, 1.82) is 0 Å². The third-order valence-electron chi connectivity index (χ3n) is 4.05. The van der Waals surface area contributed by atoms with Gasteiger partial charge in [0.05, 0.1) is 12.0 Å². The van der Waals surface area contributed by atoms with E-state index in [1.165, 1.54) is 6.42 Å². The Balaban J connectivity index is 2.47. The summed E-state index contributed by atoms with van der Waals surface area (Å²) in [6, 6.07) is 0. The lowest BCUT2D eigenvalue weighted by Gasteiger charge is -2.41. The molecular formula is C13H24BrNO2. The number of methoxy groups -OCH3 is 1. The molecule has 1 atom stereocenters. The molecule has 1 rings (SSSR count). The van der Waals surface area contributed by atoms with Gasteiger partial charge in [0.15, 0.2) is 0 Å². The van der Waals surface area contributed by atoms with E-state index in [4.69, 9.17) is 4.74 Å². The predicted octanol–water partition coefficient (Wildman–Crippen LogP) is 3.02. The fraction of sp³-hybridized carbons (Fsp3) is 0.923. The van der Waals surface area contributed by atoms with Crippen molar-refractivity contribution in [1.82, 2.24) is 5.32 Å². The van der Waals surface area contributed by atoms with Gasteiger partial charge in [0, 0.05) is 18.0 Å². The molecule has 1 aliphatic rings. The molecule has 0 radical (unpaired) electrons. The van der Waals surface area contributed by atoms with Gasteiger partial charge in [0.1, 0.15) is 0 Å². The number of amides is 1. The number of hydrogen-bond acceptors (Lipinski definition) is 2. The Morgan fingerprint density at radius 1 is 1.53 bits per heavy atom. The fourth-order valence-electron chi connectivity index (χ4n) is 2.23. The van der Waals surface area contributed by atoms with Crippen molar-refractivity contribution in [2.24, 2.45) is 0 Å². The fourth-order valence-corrected chi connectivity index (χ4v) is 3.11. The van der Waals surface area contributed by atoms with E-state index in [1.54, 1.807) is 7.11 Å². The molecule has 1 unspecified atom stereocenters. The van der Waals surface area contributed by atoms with Gasteiger partial charge in [-0.25, -0.2) is 0 Å². The molecule has 17 heavy (non-hydrogen) atoms. The number of ether oxygens (including phenoxy) is 1. The quantitative estimate of drug-likeness (QED) is 0.734. The molecule has 0 aromatic rings. The lowest BCUT2D eigenvalue weighted by Crippen LogP contribution is -2.50. The number of carbonyl (C=O) groups is 1. The molecule has 3 nitrogen and oxygen atoms in total. The highest BCUT2D eigenvalue weighted by molar-refractivity contribution is 9.09. The molecule has 0 bridgehead atoms. The molecular weight excluding hydrogens is 282 g/mol. The molecule has 1 N–H and O–H groups in total. The molecule has 0 aromatic carbocycles. The Morgan fingerprint density at radius 2 is 2.18 bits per heavy atom. The zero-order valence-electron chi connectivity index (χ0n) is 11.1. The number of hydrogen-bond donors (Lipinski definition) is 1. The van der Waals surface area contributed by atoms with E-state index in [0.29, 0.717) is 6.42 Å². The molecule has 0 heterocycles. The third kappa shape index (κ3) is 3.95. The molecule has 0 saturated heterocycles. The van der Waals surface area contributed by atoms with E-state index in [9.17, 15) is 4.79 Å². The second-order valence-electron chi connectivity index (χ2n) is 5.32. The molecule has 0 aromatic heterocycles. The molecule has 4 heteroatoms. The number of halogens is 1. The van der Waals surface area contributed by atoms with Crippen LogP contribution in [0, 0.1) is 0 Å². The molecule has 0 aliphatic heterocycles. The summed E-state index contributed by atoms with van der Waals surface area (Å²) in [6.07, 6.45) is 5.60. The highest BCUT2D eigenvalue weighted by Crippen LogP contribution is 2.38. The van der Waals surface area contributed by atoms with Gasteiger partial charge in [0.2, 0.25) is 5.91 Å². The lowest BCUT2D eigenvalue weighted by atomic mass is 9.77. The molecule has 1 fully saturated rings. The minimum atomic E-state index is -0.173. The summed E-state index contributed by atoms with van der Waals surface area (Å²) in [5, 5.41) is 4.06. The zero-order chi connectivity index (χ0) is 12.9. The number of carbonyl (C=O) groups excluding carboxylic acids is 1. The molecule has 100 valence electrons. The van der Waals surface area contributed by atoms with Crippen LogP contribution in [0.2, 0.25) is 0 Å². The minimum absolute atomic E-state index is 0.0980. The van der Waals surface area contributed by atoms with Crippen LogP contribution in [-0.4, -0.2) is 29.5 Å². The second kappa shape index (κ2) is 6.19. The zero-order valence-corrected chi connectivity index (χ0v) is 12.7. The highest BCUT2D eigenvalue weighted by atomic mass is 79.9. The maximum absolute atomic E-state index is 12.1. The van der Waals surface area contributed by atoms with Crippen LogP contribution < -0.4 is 5.32 Å². The summed E-state index contributed by atoms with van der Waals surface area (Å²) in [6.45, 7) is 4.21. The summed E-state index contributed by atoms with van der Waals surface area (Å²) in [5.41, 5.74) is -0.271. The van der Waals surface area contributed by atoms with Crippen LogP contribution in [0.4, 0.5) is 0 Å². The Kier molecular flexibility index (Phi) is 5.45. The van der Waals surface area contributed by atoms with E-state index >= 15 is 0 Å². The van der Waals surface area contributed by atoms with Crippen LogP contribution in [0.1, 0.15) is 52.4 Å². The maximum Gasteiger partial charge on any atom is 0.223 e. The van der Waals surface area contributed by atoms with Gasteiger partial charge in [-0.15, -0.1) is 0 Å². The van der Waals surface area contributed by atoms with Gasteiger partial charge in [-0.3, -0.25) is 4.79 Å². The Labute approximate surface area is 113 Å². The monoisotopic (exact) mass is 305 g/mol. The van der Waals surface area contributed by atoms with Gasteiger partial charge in [0.25, 0.3) is 0 Å². The van der Waals surface area contributed by atoms with Crippen molar-refractivity contribution in [3.05, 3.63) is 0 Å². The largest absolute Gasteiger partial charge is 0.378 e. The van der Waals surface area contributed by atoms with Crippen molar-refractivity contribution >= 4 is 21.8 Å². The number of rotatable bonds is 7. The van der Waals surface area contributed by atoms with Gasteiger partial charge < -0.3 is 10.1 Å². The molecule has 1 saturated carbocycles. The van der Waals surface area contributed by atoms with E-state index < -0.39 is 0 Å². The third-order valence-corrected chi connectivity index (χ3v) is 4.44. The van der Waals surface area contributed by atoms with Crippen molar-refractivity contribution in [2.45, 2.75) is 63.5 Å². The minimum Gasteiger partial charge on any atom is -0.378 e. The van der Waals surface area contributed by atoms with Crippen LogP contribution in [0.5, 0.6) is 0 Å². The Hall–Kier alpha value is -0.0900. The Morgan fingerprint density at radius 3 is 2.53 bits per heavy atom. The van der Waals surface area contributed by atoms with Crippen molar-refractivity contribution in [3.63, 3.8) is 0 Å². The van der Waals surface area contributed by atoms with E-state index in [-0.39, 0.29) is 17.0 Å².